The summed E-state index contributed by atoms with van der Waals surface area (Å²) >= 11 is 0. The van der Waals surface area contributed by atoms with Crippen LogP contribution in [0.15, 0.2) is 36.4 Å². The summed E-state index contributed by atoms with van der Waals surface area (Å²) in [6.45, 7) is 9.74. The molecule has 2 aromatic carbocycles. The molecule has 3 rings (SSSR count). The fraction of sp³-hybridized carbons (Fsp3) is 0.400. The van der Waals surface area contributed by atoms with E-state index in [4.69, 9.17) is 14.0 Å². The summed E-state index contributed by atoms with van der Waals surface area (Å²) in [4.78, 5) is 0. The molecule has 0 N–H and O–H groups in total. The molecule has 1 fully saturated rings. The van der Waals surface area contributed by atoms with Gasteiger partial charge in [0.2, 0.25) is 0 Å². The van der Waals surface area contributed by atoms with E-state index in [2.05, 4.69) is 0 Å². The van der Waals surface area contributed by atoms with Crippen LogP contribution in [0.4, 0.5) is 8.78 Å². The zero-order valence-corrected chi connectivity index (χ0v) is 15.7. The van der Waals surface area contributed by atoms with Crippen molar-refractivity contribution in [2.24, 2.45) is 0 Å². The van der Waals surface area contributed by atoms with Gasteiger partial charge in [-0.3, -0.25) is 0 Å². The number of aryl methyl sites for hydroxylation is 1. The van der Waals surface area contributed by atoms with Gasteiger partial charge in [0.15, 0.2) is 0 Å². The third-order valence-electron chi connectivity index (χ3n) is 5.18. The molecular formula is C20H23BF2O3. The summed E-state index contributed by atoms with van der Waals surface area (Å²) < 4.78 is 45.2. The SMILES string of the molecule is Cc1cc(F)ccc1COc1ccc(B2OC(C)(C)C(C)(C)O2)c(F)c1. The van der Waals surface area contributed by atoms with Crippen LogP contribution in [0.2, 0.25) is 0 Å². The normalized spacial score (nSPS) is 18.2. The summed E-state index contributed by atoms with van der Waals surface area (Å²) in [7, 11) is -0.756. The van der Waals surface area contributed by atoms with E-state index in [0.29, 0.717) is 11.2 Å². The lowest BCUT2D eigenvalue weighted by Crippen LogP contribution is -2.41. The molecule has 0 bridgehead atoms. The molecule has 0 aliphatic carbocycles. The number of ether oxygens (including phenoxy) is 1. The lowest BCUT2D eigenvalue weighted by molar-refractivity contribution is 0.00578. The Balaban J connectivity index is 1.72. The molecule has 0 radical (unpaired) electrons. The van der Waals surface area contributed by atoms with E-state index in [1.165, 1.54) is 18.2 Å². The maximum atomic E-state index is 14.6. The first-order chi connectivity index (χ1) is 12.1. The Morgan fingerprint density at radius 2 is 1.62 bits per heavy atom. The molecule has 1 aliphatic rings. The van der Waals surface area contributed by atoms with Gasteiger partial charge in [-0.2, -0.15) is 0 Å². The predicted molar refractivity (Wildman–Crippen MR) is 97.6 cm³/mol. The lowest BCUT2D eigenvalue weighted by atomic mass is 9.78. The topological polar surface area (TPSA) is 27.7 Å². The van der Waals surface area contributed by atoms with Crippen LogP contribution in [0.1, 0.15) is 38.8 Å². The predicted octanol–water partition coefficient (Wildman–Crippen LogP) is 4.15. The number of hydrogen-bond acceptors (Lipinski definition) is 3. The third-order valence-corrected chi connectivity index (χ3v) is 5.18. The highest BCUT2D eigenvalue weighted by atomic mass is 19.1. The van der Waals surface area contributed by atoms with Crippen molar-refractivity contribution >= 4 is 12.6 Å². The highest BCUT2D eigenvalue weighted by Crippen LogP contribution is 2.36. The van der Waals surface area contributed by atoms with Crippen LogP contribution in [0.3, 0.4) is 0 Å². The summed E-state index contributed by atoms with van der Waals surface area (Å²) in [6.07, 6.45) is 0. The van der Waals surface area contributed by atoms with Crippen molar-refractivity contribution in [3.05, 3.63) is 59.2 Å². The lowest BCUT2D eigenvalue weighted by Gasteiger charge is -2.32. The third kappa shape index (κ3) is 3.62. The molecule has 1 saturated heterocycles. The second kappa shape index (κ2) is 6.67. The van der Waals surface area contributed by atoms with Gasteiger partial charge in [-0.25, -0.2) is 8.78 Å². The molecule has 6 heteroatoms. The van der Waals surface area contributed by atoms with E-state index in [1.54, 1.807) is 18.2 Å². The summed E-state index contributed by atoms with van der Waals surface area (Å²) in [5.41, 5.74) is 0.925. The molecule has 0 unspecified atom stereocenters. The van der Waals surface area contributed by atoms with Gasteiger partial charge in [-0.15, -0.1) is 0 Å². The molecule has 0 amide bonds. The average Bonchev–Trinajstić information content (AvgIpc) is 2.74. The molecule has 1 aliphatic heterocycles. The standard InChI is InChI=1S/C20H23BF2O3/c1-13-10-15(22)7-6-14(13)12-24-16-8-9-17(18(23)11-16)21-25-19(2,3)20(4,5)26-21/h6-11H,12H2,1-5H3. The molecular weight excluding hydrogens is 337 g/mol. The minimum atomic E-state index is -0.756. The van der Waals surface area contributed by atoms with Gasteiger partial charge in [0.05, 0.1) is 11.2 Å². The van der Waals surface area contributed by atoms with Gasteiger partial charge in [0.25, 0.3) is 0 Å². The van der Waals surface area contributed by atoms with Crippen LogP contribution in [0, 0.1) is 18.6 Å². The first-order valence-electron chi connectivity index (χ1n) is 8.62. The van der Waals surface area contributed by atoms with E-state index in [-0.39, 0.29) is 12.4 Å². The molecule has 2 aromatic rings. The van der Waals surface area contributed by atoms with Crippen LogP contribution >= 0.6 is 0 Å². The van der Waals surface area contributed by atoms with E-state index in [1.807, 2.05) is 34.6 Å². The first-order valence-corrected chi connectivity index (χ1v) is 8.62. The molecule has 0 atom stereocenters. The van der Waals surface area contributed by atoms with Crippen molar-refractivity contribution in [1.29, 1.82) is 0 Å². The second-order valence-electron chi connectivity index (χ2n) is 7.63. The van der Waals surface area contributed by atoms with Gasteiger partial charge >= 0.3 is 7.12 Å². The van der Waals surface area contributed by atoms with Crippen LogP contribution in [-0.4, -0.2) is 18.3 Å². The van der Waals surface area contributed by atoms with E-state index >= 15 is 0 Å². The highest BCUT2D eigenvalue weighted by molar-refractivity contribution is 6.62. The van der Waals surface area contributed by atoms with Gasteiger partial charge < -0.3 is 14.0 Å². The second-order valence-corrected chi connectivity index (χ2v) is 7.63. The number of rotatable bonds is 4. The van der Waals surface area contributed by atoms with E-state index < -0.39 is 24.1 Å². The van der Waals surface area contributed by atoms with Crippen molar-refractivity contribution in [1.82, 2.24) is 0 Å². The van der Waals surface area contributed by atoms with Gasteiger partial charge in [-0.1, -0.05) is 12.1 Å². The molecule has 0 spiro atoms. The van der Waals surface area contributed by atoms with Gasteiger partial charge in [0, 0.05) is 11.5 Å². The molecule has 138 valence electrons. The largest absolute Gasteiger partial charge is 0.497 e. The smallest absolute Gasteiger partial charge is 0.489 e. The van der Waals surface area contributed by atoms with Gasteiger partial charge in [-0.05, 0) is 63.9 Å². The summed E-state index contributed by atoms with van der Waals surface area (Å²) in [5, 5.41) is 0. The zero-order valence-electron chi connectivity index (χ0n) is 15.7. The average molecular weight is 360 g/mol. The number of hydrogen-bond donors (Lipinski definition) is 0. The van der Waals surface area contributed by atoms with Crippen LogP contribution in [0.25, 0.3) is 0 Å². The minimum absolute atomic E-state index is 0.237. The zero-order chi connectivity index (χ0) is 19.1. The molecule has 1 heterocycles. The Bertz CT molecular complexity index is 805. The van der Waals surface area contributed by atoms with E-state index in [0.717, 1.165) is 11.1 Å². The van der Waals surface area contributed by atoms with E-state index in [9.17, 15) is 8.78 Å². The van der Waals surface area contributed by atoms with Crippen molar-refractivity contribution in [2.45, 2.75) is 52.4 Å². The number of halogens is 2. The molecule has 0 aromatic heterocycles. The Hall–Kier alpha value is -1.92. The van der Waals surface area contributed by atoms with Crippen molar-refractivity contribution in [3.8, 4) is 5.75 Å². The van der Waals surface area contributed by atoms with Crippen LogP contribution < -0.4 is 10.2 Å². The van der Waals surface area contributed by atoms with Crippen molar-refractivity contribution < 1.29 is 22.8 Å². The van der Waals surface area contributed by atoms with Crippen LogP contribution in [0.5, 0.6) is 5.75 Å². The number of benzene rings is 2. The molecule has 26 heavy (non-hydrogen) atoms. The maximum Gasteiger partial charge on any atom is 0.497 e. The van der Waals surface area contributed by atoms with Crippen molar-refractivity contribution in [2.75, 3.05) is 0 Å². The Kier molecular flexibility index (Phi) is 4.84. The fourth-order valence-electron chi connectivity index (χ4n) is 2.74. The summed E-state index contributed by atoms with van der Waals surface area (Å²) in [5.74, 6) is -0.340. The first kappa shape index (κ1) is 18.9. The summed E-state index contributed by atoms with van der Waals surface area (Å²) in [6, 6.07) is 9.11. The Morgan fingerprint density at radius 1 is 0.962 bits per heavy atom. The highest BCUT2D eigenvalue weighted by Gasteiger charge is 2.52. The molecule has 3 nitrogen and oxygen atoms in total. The minimum Gasteiger partial charge on any atom is -0.489 e. The van der Waals surface area contributed by atoms with Crippen molar-refractivity contribution in [3.63, 3.8) is 0 Å². The maximum absolute atomic E-state index is 14.6. The van der Waals surface area contributed by atoms with Gasteiger partial charge in [0.1, 0.15) is 24.0 Å². The Labute approximate surface area is 153 Å². The fourth-order valence-corrected chi connectivity index (χ4v) is 2.74. The Morgan fingerprint density at radius 3 is 2.19 bits per heavy atom. The monoisotopic (exact) mass is 360 g/mol. The molecule has 0 saturated carbocycles. The quantitative estimate of drug-likeness (QED) is 0.767. The van der Waals surface area contributed by atoms with Crippen LogP contribution in [-0.2, 0) is 15.9 Å².